The van der Waals surface area contributed by atoms with Crippen LogP contribution in [0.25, 0.3) is 0 Å². The molecule has 6 heteroatoms. The number of fused-ring (bicyclic) bond motifs is 1. The van der Waals surface area contributed by atoms with Crippen LogP contribution in [0.4, 0.5) is 5.69 Å². The maximum Gasteiger partial charge on any atom is 0.238 e. The Morgan fingerprint density at radius 3 is 2.46 bits per heavy atom. The van der Waals surface area contributed by atoms with E-state index < -0.39 is 0 Å². The summed E-state index contributed by atoms with van der Waals surface area (Å²) in [4.78, 5) is 14.6. The number of rotatable bonds is 6. The molecular formula is C20H24N2O4. The van der Waals surface area contributed by atoms with Gasteiger partial charge in [-0.05, 0) is 41.8 Å². The summed E-state index contributed by atoms with van der Waals surface area (Å²) in [5.41, 5.74) is 3.13. The number of hydrogen-bond acceptors (Lipinski definition) is 5. The fourth-order valence-electron chi connectivity index (χ4n) is 3.16. The molecule has 6 nitrogen and oxygen atoms in total. The second kappa shape index (κ2) is 8.10. The maximum atomic E-state index is 12.5. The molecule has 0 unspecified atom stereocenters. The van der Waals surface area contributed by atoms with Gasteiger partial charge in [0, 0.05) is 19.2 Å². The van der Waals surface area contributed by atoms with Crippen molar-refractivity contribution in [3.05, 3.63) is 47.5 Å². The van der Waals surface area contributed by atoms with E-state index in [1.54, 1.807) is 39.5 Å². The minimum Gasteiger partial charge on any atom is -0.497 e. The molecule has 1 amide bonds. The summed E-state index contributed by atoms with van der Waals surface area (Å²) in [6, 6.07) is 11.5. The SMILES string of the molecule is COc1ccc2c(c1)CN(CC(=O)Nc1cc(OC)ccc1OC)CC2. The van der Waals surface area contributed by atoms with E-state index in [9.17, 15) is 4.79 Å². The third-order valence-electron chi connectivity index (χ3n) is 4.55. The zero-order valence-electron chi connectivity index (χ0n) is 15.4. The molecule has 1 N–H and O–H groups in total. The Kier molecular flexibility index (Phi) is 5.63. The minimum absolute atomic E-state index is 0.0806. The highest BCUT2D eigenvalue weighted by Crippen LogP contribution is 2.29. The summed E-state index contributed by atoms with van der Waals surface area (Å²) in [6.45, 7) is 1.90. The number of anilines is 1. The van der Waals surface area contributed by atoms with Crippen molar-refractivity contribution in [2.45, 2.75) is 13.0 Å². The van der Waals surface area contributed by atoms with Crippen molar-refractivity contribution in [3.63, 3.8) is 0 Å². The predicted molar refractivity (Wildman–Crippen MR) is 100 cm³/mol. The first-order chi connectivity index (χ1) is 12.6. The number of carbonyl (C=O) groups excluding carboxylic acids is 1. The van der Waals surface area contributed by atoms with Gasteiger partial charge in [0.1, 0.15) is 17.2 Å². The van der Waals surface area contributed by atoms with Crippen LogP contribution < -0.4 is 19.5 Å². The first-order valence-electron chi connectivity index (χ1n) is 8.53. The van der Waals surface area contributed by atoms with Gasteiger partial charge in [-0.1, -0.05) is 6.07 Å². The van der Waals surface area contributed by atoms with Gasteiger partial charge in [-0.15, -0.1) is 0 Å². The van der Waals surface area contributed by atoms with Gasteiger partial charge in [0.15, 0.2) is 0 Å². The number of nitrogens with zero attached hydrogens (tertiary/aromatic N) is 1. The topological polar surface area (TPSA) is 60.0 Å². The highest BCUT2D eigenvalue weighted by Gasteiger charge is 2.19. The normalized spacial score (nSPS) is 13.7. The summed E-state index contributed by atoms with van der Waals surface area (Å²) in [7, 11) is 4.83. The van der Waals surface area contributed by atoms with Crippen LogP contribution in [0.1, 0.15) is 11.1 Å². The molecule has 138 valence electrons. The van der Waals surface area contributed by atoms with Crippen molar-refractivity contribution in [1.82, 2.24) is 4.90 Å². The average molecular weight is 356 g/mol. The molecular weight excluding hydrogens is 332 g/mol. The lowest BCUT2D eigenvalue weighted by molar-refractivity contribution is -0.117. The summed E-state index contributed by atoms with van der Waals surface area (Å²) < 4.78 is 15.8. The Hall–Kier alpha value is -2.73. The van der Waals surface area contributed by atoms with Crippen LogP contribution in [0.2, 0.25) is 0 Å². The zero-order chi connectivity index (χ0) is 18.5. The van der Waals surface area contributed by atoms with Crippen molar-refractivity contribution >= 4 is 11.6 Å². The number of methoxy groups -OCH3 is 3. The van der Waals surface area contributed by atoms with Gasteiger partial charge in [-0.2, -0.15) is 0 Å². The van der Waals surface area contributed by atoms with Crippen molar-refractivity contribution < 1.29 is 19.0 Å². The zero-order valence-corrected chi connectivity index (χ0v) is 15.4. The van der Waals surface area contributed by atoms with Gasteiger partial charge in [-0.25, -0.2) is 0 Å². The van der Waals surface area contributed by atoms with E-state index in [1.165, 1.54) is 11.1 Å². The van der Waals surface area contributed by atoms with E-state index in [2.05, 4.69) is 16.3 Å². The van der Waals surface area contributed by atoms with Gasteiger partial charge in [-0.3, -0.25) is 9.69 Å². The highest BCUT2D eigenvalue weighted by molar-refractivity contribution is 5.94. The second-order valence-electron chi connectivity index (χ2n) is 6.21. The van der Waals surface area contributed by atoms with Gasteiger partial charge in [0.05, 0.1) is 33.6 Å². The standard InChI is InChI=1S/C20H24N2O4/c1-24-16-5-4-14-8-9-22(12-15(14)10-16)13-20(23)21-18-11-17(25-2)6-7-19(18)26-3/h4-7,10-11H,8-9,12-13H2,1-3H3,(H,21,23). The predicted octanol–water partition coefficient (Wildman–Crippen LogP) is 2.71. The fraction of sp³-hybridized carbons (Fsp3) is 0.350. The molecule has 2 aromatic rings. The van der Waals surface area contributed by atoms with E-state index >= 15 is 0 Å². The van der Waals surface area contributed by atoms with Crippen molar-refractivity contribution in [3.8, 4) is 17.2 Å². The monoisotopic (exact) mass is 356 g/mol. The molecule has 0 bridgehead atoms. The van der Waals surface area contributed by atoms with Crippen LogP contribution in [0.3, 0.4) is 0 Å². The molecule has 0 saturated carbocycles. The largest absolute Gasteiger partial charge is 0.497 e. The number of benzene rings is 2. The van der Waals surface area contributed by atoms with Crippen molar-refractivity contribution in [2.24, 2.45) is 0 Å². The molecule has 0 radical (unpaired) electrons. The van der Waals surface area contributed by atoms with Crippen molar-refractivity contribution in [1.29, 1.82) is 0 Å². The quantitative estimate of drug-likeness (QED) is 0.862. The summed E-state index contributed by atoms with van der Waals surface area (Å²) in [5, 5.41) is 2.92. The number of ether oxygens (including phenoxy) is 3. The molecule has 26 heavy (non-hydrogen) atoms. The maximum absolute atomic E-state index is 12.5. The highest BCUT2D eigenvalue weighted by atomic mass is 16.5. The smallest absolute Gasteiger partial charge is 0.238 e. The van der Waals surface area contributed by atoms with Gasteiger partial charge in [0.2, 0.25) is 5.91 Å². The lowest BCUT2D eigenvalue weighted by Crippen LogP contribution is -2.37. The van der Waals surface area contributed by atoms with Crippen LogP contribution in [0, 0.1) is 0 Å². The minimum atomic E-state index is -0.0806. The molecule has 1 aliphatic heterocycles. The molecule has 1 aliphatic rings. The Morgan fingerprint density at radius 1 is 1.00 bits per heavy atom. The second-order valence-corrected chi connectivity index (χ2v) is 6.21. The summed E-state index contributed by atoms with van der Waals surface area (Å²) >= 11 is 0. The summed E-state index contributed by atoms with van der Waals surface area (Å²) in [6.07, 6.45) is 0.926. The Bertz CT molecular complexity index is 791. The van der Waals surface area contributed by atoms with E-state index in [0.717, 1.165) is 25.3 Å². The molecule has 0 aliphatic carbocycles. The Labute approximate surface area is 153 Å². The molecule has 0 aromatic heterocycles. The lowest BCUT2D eigenvalue weighted by atomic mass is 9.99. The third kappa shape index (κ3) is 4.08. The summed E-state index contributed by atoms with van der Waals surface area (Å²) in [5.74, 6) is 2.03. The molecule has 1 heterocycles. The third-order valence-corrected chi connectivity index (χ3v) is 4.55. The van der Waals surface area contributed by atoms with Crippen LogP contribution in [0.5, 0.6) is 17.2 Å². The molecule has 0 saturated heterocycles. The number of amides is 1. The Morgan fingerprint density at radius 2 is 1.73 bits per heavy atom. The number of carbonyl (C=O) groups is 1. The molecule has 0 atom stereocenters. The lowest BCUT2D eigenvalue weighted by Gasteiger charge is -2.28. The first-order valence-corrected chi connectivity index (χ1v) is 8.53. The van der Waals surface area contributed by atoms with E-state index in [0.29, 0.717) is 23.7 Å². The van der Waals surface area contributed by atoms with Gasteiger partial charge in [0.25, 0.3) is 0 Å². The molecule has 0 fully saturated rings. The molecule has 2 aromatic carbocycles. The molecule has 3 rings (SSSR count). The number of nitrogens with one attached hydrogen (secondary N) is 1. The van der Waals surface area contributed by atoms with Gasteiger partial charge < -0.3 is 19.5 Å². The van der Waals surface area contributed by atoms with Crippen LogP contribution in [-0.4, -0.2) is 45.2 Å². The van der Waals surface area contributed by atoms with Crippen LogP contribution in [-0.2, 0) is 17.8 Å². The molecule has 0 spiro atoms. The van der Waals surface area contributed by atoms with E-state index in [1.807, 2.05) is 12.1 Å². The van der Waals surface area contributed by atoms with Crippen LogP contribution >= 0.6 is 0 Å². The average Bonchev–Trinajstić information content (AvgIpc) is 2.67. The van der Waals surface area contributed by atoms with E-state index in [-0.39, 0.29) is 5.91 Å². The Balaban J connectivity index is 1.65. The first kappa shape index (κ1) is 18.1. The van der Waals surface area contributed by atoms with Crippen LogP contribution in [0.15, 0.2) is 36.4 Å². The number of hydrogen-bond donors (Lipinski definition) is 1. The van der Waals surface area contributed by atoms with Crippen molar-refractivity contribution in [2.75, 3.05) is 39.7 Å². The fourth-order valence-corrected chi connectivity index (χ4v) is 3.16. The van der Waals surface area contributed by atoms with Gasteiger partial charge >= 0.3 is 0 Å². The van der Waals surface area contributed by atoms with E-state index in [4.69, 9.17) is 14.2 Å².